The first-order chi connectivity index (χ1) is 8.95. The number of nitrogens with zero attached hydrogens (tertiary/aromatic N) is 1. The molecule has 1 unspecified atom stereocenters. The Bertz CT molecular complexity index is 457. The van der Waals surface area contributed by atoms with Gasteiger partial charge in [-0.3, -0.25) is 10.1 Å². The summed E-state index contributed by atoms with van der Waals surface area (Å²) in [5, 5.41) is 12.2. The van der Waals surface area contributed by atoms with Gasteiger partial charge in [-0.1, -0.05) is 34.5 Å². The predicted molar refractivity (Wildman–Crippen MR) is 83.5 cm³/mol. The molecular formula is C12H14Br2ClNO3. The Morgan fingerprint density at radius 1 is 1.47 bits per heavy atom. The van der Waals surface area contributed by atoms with Gasteiger partial charge < -0.3 is 4.74 Å². The lowest BCUT2D eigenvalue weighted by Gasteiger charge is -2.12. The second kappa shape index (κ2) is 8.07. The van der Waals surface area contributed by atoms with Gasteiger partial charge in [0.05, 0.1) is 16.0 Å². The fourth-order valence-corrected chi connectivity index (χ4v) is 3.21. The third-order valence-electron chi connectivity index (χ3n) is 2.64. The summed E-state index contributed by atoms with van der Waals surface area (Å²) in [7, 11) is 0. The highest BCUT2D eigenvalue weighted by molar-refractivity contribution is 9.10. The van der Waals surface area contributed by atoms with Gasteiger partial charge in [-0.25, -0.2) is 0 Å². The largest absolute Gasteiger partial charge is 0.486 e. The van der Waals surface area contributed by atoms with E-state index in [-0.39, 0.29) is 11.4 Å². The van der Waals surface area contributed by atoms with Gasteiger partial charge in [0.25, 0.3) is 0 Å². The molecule has 106 valence electrons. The van der Waals surface area contributed by atoms with Crippen molar-refractivity contribution in [1.29, 1.82) is 0 Å². The topological polar surface area (TPSA) is 52.4 Å². The molecule has 0 heterocycles. The Balaban J connectivity index is 2.75. The number of alkyl halides is 1. The first kappa shape index (κ1) is 16.7. The number of nitro groups is 1. The predicted octanol–water partition coefficient (Wildman–Crippen LogP) is 5.20. The maximum absolute atomic E-state index is 11.0. The van der Waals surface area contributed by atoms with Crippen LogP contribution in [0.3, 0.4) is 0 Å². The molecule has 7 heteroatoms. The Kier molecular flexibility index (Phi) is 7.10. The van der Waals surface area contributed by atoms with Crippen LogP contribution in [-0.4, -0.2) is 16.9 Å². The molecule has 0 bridgehead atoms. The SMILES string of the molecule is CC(CCBr)CCOc1c(Br)cc(Cl)cc1[N+](=O)[O-]. The van der Waals surface area contributed by atoms with Gasteiger partial charge >= 0.3 is 5.69 Å². The zero-order valence-corrected chi connectivity index (χ0v) is 14.3. The summed E-state index contributed by atoms with van der Waals surface area (Å²) < 4.78 is 6.04. The van der Waals surface area contributed by atoms with Crippen molar-refractivity contribution in [2.45, 2.75) is 19.8 Å². The first-order valence-corrected chi connectivity index (χ1v) is 8.07. The van der Waals surface area contributed by atoms with E-state index in [1.54, 1.807) is 6.07 Å². The summed E-state index contributed by atoms with van der Waals surface area (Å²) in [5.41, 5.74) is -0.118. The van der Waals surface area contributed by atoms with Gasteiger partial charge in [-0.2, -0.15) is 0 Å². The Hall–Kier alpha value is -0.330. The zero-order chi connectivity index (χ0) is 14.4. The number of halogens is 3. The molecule has 0 saturated heterocycles. The standard InChI is InChI=1S/C12H14Br2ClNO3/c1-8(2-4-13)3-5-19-12-10(14)6-9(15)7-11(12)16(17)18/h6-8H,2-5H2,1H3. The molecule has 0 aromatic heterocycles. The molecule has 0 aliphatic heterocycles. The fourth-order valence-electron chi connectivity index (χ4n) is 1.52. The van der Waals surface area contributed by atoms with Gasteiger partial charge in [0.15, 0.2) is 0 Å². The molecule has 0 fully saturated rings. The van der Waals surface area contributed by atoms with E-state index in [1.807, 2.05) is 0 Å². The molecule has 0 spiro atoms. The number of rotatable bonds is 7. The van der Waals surface area contributed by atoms with E-state index in [2.05, 4.69) is 38.8 Å². The van der Waals surface area contributed by atoms with Gasteiger partial charge in [0.2, 0.25) is 5.75 Å². The molecule has 19 heavy (non-hydrogen) atoms. The van der Waals surface area contributed by atoms with Crippen molar-refractivity contribution < 1.29 is 9.66 Å². The maximum Gasteiger partial charge on any atom is 0.313 e. The smallest absolute Gasteiger partial charge is 0.313 e. The normalized spacial score (nSPS) is 12.2. The van der Waals surface area contributed by atoms with Crippen molar-refractivity contribution in [3.8, 4) is 5.75 Å². The number of hydrogen-bond donors (Lipinski definition) is 0. The molecular weight excluding hydrogens is 401 g/mol. The number of ether oxygens (including phenoxy) is 1. The third kappa shape index (κ3) is 5.28. The molecule has 0 N–H and O–H groups in total. The summed E-state index contributed by atoms with van der Waals surface area (Å²) in [4.78, 5) is 10.5. The highest BCUT2D eigenvalue weighted by atomic mass is 79.9. The second-order valence-corrected chi connectivity index (χ2v) is 6.30. The number of nitro benzene ring substituents is 1. The summed E-state index contributed by atoms with van der Waals surface area (Å²) >= 11 is 12.4. The highest BCUT2D eigenvalue weighted by Gasteiger charge is 2.20. The lowest BCUT2D eigenvalue weighted by molar-refractivity contribution is -0.385. The van der Waals surface area contributed by atoms with Crippen LogP contribution >= 0.6 is 43.5 Å². The number of hydrogen-bond acceptors (Lipinski definition) is 3. The van der Waals surface area contributed by atoms with E-state index in [4.69, 9.17) is 16.3 Å². The molecule has 0 radical (unpaired) electrons. The number of benzene rings is 1. The van der Waals surface area contributed by atoms with E-state index in [1.165, 1.54) is 6.07 Å². The van der Waals surface area contributed by atoms with Crippen molar-refractivity contribution in [2.24, 2.45) is 5.92 Å². The van der Waals surface area contributed by atoms with Gasteiger partial charge in [0, 0.05) is 16.4 Å². The Labute approximate surface area is 133 Å². The van der Waals surface area contributed by atoms with E-state index in [0.717, 1.165) is 18.2 Å². The lowest BCUT2D eigenvalue weighted by Crippen LogP contribution is -2.06. The van der Waals surface area contributed by atoms with Crippen molar-refractivity contribution >= 4 is 49.1 Å². The second-order valence-electron chi connectivity index (χ2n) is 4.21. The van der Waals surface area contributed by atoms with Crippen molar-refractivity contribution in [3.05, 3.63) is 31.7 Å². The van der Waals surface area contributed by atoms with Gasteiger partial charge in [-0.15, -0.1) is 0 Å². The quantitative estimate of drug-likeness (QED) is 0.349. The van der Waals surface area contributed by atoms with Crippen LogP contribution in [0.1, 0.15) is 19.8 Å². The van der Waals surface area contributed by atoms with Crippen LogP contribution in [0, 0.1) is 16.0 Å². The molecule has 0 saturated carbocycles. The van der Waals surface area contributed by atoms with Crippen LogP contribution in [0.5, 0.6) is 5.75 Å². The van der Waals surface area contributed by atoms with Crippen LogP contribution in [-0.2, 0) is 0 Å². The molecule has 4 nitrogen and oxygen atoms in total. The third-order valence-corrected chi connectivity index (χ3v) is 3.91. The average molecular weight is 416 g/mol. The van der Waals surface area contributed by atoms with Crippen molar-refractivity contribution in [3.63, 3.8) is 0 Å². The maximum atomic E-state index is 11.0. The van der Waals surface area contributed by atoms with Crippen molar-refractivity contribution in [1.82, 2.24) is 0 Å². The molecule has 1 rings (SSSR count). The van der Waals surface area contributed by atoms with Crippen LogP contribution in [0.4, 0.5) is 5.69 Å². The fraction of sp³-hybridized carbons (Fsp3) is 0.500. The van der Waals surface area contributed by atoms with E-state index in [9.17, 15) is 10.1 Å². The van der Waals surface area contributed by atoms with E-state index >= 15 is 0 Å². The summed E-state index contributed by atoms with van der Waals surface area (Å²) in [6.45, 7) is 2.56. The first-order valence-electron chi connectivity index (χ1n) is 5.78. The van der Waals surface area contributed by atoms with Crippen LogP contribution in [0.25, 0.3) is 0 Å². The van der Waals surface area contributed by atoms with Gasteiger partial charge in [-0.05, 0) is 40.8 Å². The Morgan fingerprint density at radius 3 is 2.74 bits per heavy atom. The summed E-state index contributed by atoms with van der Waals surface area (Å²) in [5.74, 6) is 0.741. The van der Waals surface area contributed by atoms with Crippen LogP contribution in [0.2, 0.25) is 5.02 Å². The zero-order valence-electron chi connectivity index (χ0n) is 10.4. The van der Waals surface area contributed by atoms with Gasteiger partial charge in [0.1, 0.15) is 0 Å². The molecule has 0 aliphatic rings. The molecule has 1 aromatic rings. The van der Waals surface area contributed by atoms with E-state index < -0.39 is 4.92 Å². The summed E-state index contributed by atoms with van der Waals surface area (Å²) in [6, 6.07) is 2.88. The molecule has 1 atom stereocenters. The molecule has 0 amide bonds. The summed E-state index contributed by atoms with van der Waals surface area (Å²) in [6.07, 6.45) is 1.89. The minimum absolute atomic E-state index is 0.118. The average Bonchev–Trinajstić information content (AvgIpc) is 2.31. The minimum Gasteiger partial charge on any atom is -0.486 e. The van der Waals surface area contributed by atoms with Crippen LogP contribution in [0.15, 0.2) is 16.6 Å². The minimum atomic E-state index is -0.492. The van der Waals surface area contributed by atoms with E-state index in [0.29, 0.717) is 22.0 Å². The monoisotopic (exact) mass is 413 g/mol. The molecule has 1 aromatic carbocycles. The van der Waals surface area contributed by atoms with Crippen LogP contribution < -0.4 is 4.74 Å². The lowest BCUT2D eigenvalue weighted by atomic mass is 10.1. The highest BCUT2D eigenvalue weighted by Crippen LogP contribution is 2.38. The van der Waals surface area contributed by atoms with Crippen molar-refractivity contribution in [2.75, 3.05) is 11.9 Å². The Morgan fingerprint density at radius 2 is 2.16 bits per heavy atom. The molecule has 0 aliphatic carbocycles.